The summed E-state index contributed by atoms with van der Waals surface area (Å²) in [5.74, 6) is 1.98. The number of aryl methyl sites for hydroxylation is 2. The lowest BCUT2D eigenvalue weighted by atomic mass is 10.1. The molecular weight excluding hydrogens is 410 g/mol. The molecule has 0 saturated carbocycles. The number of likely N-dealkylation sites (tertiary alicyclic amines) is 2. The number of carbonyl (C=O) groups is 2. The fraction of sp³-hybridized carbons (Fsp3) is 0.609. The van der Waals surface area contributed by atoms with E-state index in [0.29, 0.717) is 54.7 Å². The largest absolute Gasteiger partial charge is 0.473 e. The minimum absolute atomic E-state index is 0.0177. The second-order valence-corrected chi connectivity index (χ2v) is 8.85. The summed E-state index contributed by atoms with van der Waals surface area (Å²) in [6.45, 7) is 8.59. The first-order valence-corrected chi connectivity index (χ1v) is 11.4. The summed E-state index contributed by atoms with van der Waals surface area (Å²) in [5.41, 5.74) is 1.29. The predicted octanol–water partition coefficient (Wildman–Crippen LogP) is 2.74. The summed E-state index contributed by atoms with van der Waals surface area (Å²) in [6.07, 6.45) is 5.44. The van der Waals surface area contributed by atoms with Crippen LogP contribution in [0.2, 0.25) is 0 Å². The molecule has 2 aliphatic rings. The Morgan fingerprint density at radius 2 is 2.00 bits per heavy atom. The van der Waals surface area contributed by atoms with Crippen LogP contribution in [0.3, 0.4) is 0 Å². The van der Waals surface area contributed by atoms with Crippen molar-refractivity contribution in [1.82, 2.24) is 24.9 Å². The highest BCUT2D eigenvalue weighted by atomic mass is 16.5. The van der Waals surface area contributed by atoms with Gasteiger partial charge in [-0.15, -0.1) is 0 Å². The van der Waals surface area contributed by atoms with Gasteiger partial charge in [-0.25, -0.2) is 9.97 Å². The average Bonchev–Trinajstić information content (AvgIpc) is 3.53. The van der Waals surface area contributed by atoms with E-state index in [2.05, 4.69) is 15.1 Å². The lowest BCUT2D eigenvalue weighted by Crippen LogP contribution is -2.29. The molecule has 9 nitrogen and oxygen atoms in total. The Hall–Kier alpha value is -2.97. The maximum atomic E-state index is 12.7. The Bertz CT molecular complexity index is 967. The van der Waals surface area contributed by atoms with Crippen molar-refractivity contribution < 1.29 is 18.8 Å². The number of nitrogens with zero attached hydrogens (tertiary/aromatic N) is 5. The second kappa shape index (κ2) is 9.67. The van der Waals surface area contributed by atoms with Crippen molar-refractivity contribution in [2.45, 2.75) is 64.9 Å². The molecule has 2 aromatic heterocycles. The number of hydrogen-bond donors (Lipinski definition) is 0. The quantitative estimate of drug-likeness (QED) is 0.651. The normalized spacial score (nSPS) is 18.6. The summed E-state index contributed by atoms with van der Waals surface area (Å²) in [4.78, 5) is 38.2. The van der Waals surface area contributed by atoms with Crippen LogP contribution in [0.4, 0.5) is 0 Å². The molecule has 32 heavy (non-hydrogen) atoms. The second-order valence-electron chi connectivity index (χ2n) is 8.85. The van der Waals surface area contributed by atoms with Gasteiger partial charge in [0.25, 0.3) is 11.8 Å². The van der Waals surface area contributed by atoms with Gasteiger partial charge in [-0.05, 0) is 45.2 Å². The zero-order valence-electron chi connectivity index (χ0n) is 19.0. The van der Waals surface area contributed by atoms with Crippen LogP contribution >= 0.6 is 0 Å². The number of ether oxygens (including phenoxy) is 1. The zero-order chi connectivity index (χ0) is 22.7. The number of amides is 2. The standard InChI is InChI=1S/C23H31N5O4/c1-15(2)31-20-12-18(32-26-20)6-7-21(29)28-11-8-17(14-28)22-24-13-19(16(3)25-22)23(30)27-9-4-5-10-27/h12-13,15,17H,4-11,14H2,1-3H3. The highest BCUT2D eigenvalue weighted by Gasteiger charge is 2.30. The van der Waals surface area contributed by atoms with Crippen LogP contribution in [-0.4, -0.2) is 69.0 Å². The summed E-state index contributed by atoms with van der Waals surface area (Å²) in [7, 11) is 0. The van der Waals surface area contributed by atoms with E-state index in [1.54, 1.807) is 12.3 Å². The summed E-state index contributed by atoms with van der Waals surface area (Å²) >= 11 is 0. The molecule has 1 unspecified atom stereocenters. The zero-order valence-corrected chi connectivity index (χ0v) is 19.0. The van der Waals surface area contributed by atoms with Crippen LogP contribution in [0.5, 0.6) is 5.88 Å². The van der Waals surface area contributed by atoms with Gasteiger partial charge in [-0.2, -0.15) is 0 Å². The molecular formula is C23H31N5O4. The van der Waals surface area contributed by atoms with Crippen molar-refractivity contribution in [2.75, 3.05) is 26.2 Å². The highest BCUT2D eigenvalue weighted by Crippen LogP contribution is 2.26. The van der Waals surface area contributed by atoms with E-state index in [9.17, 15) is 9.59 Å². The molecule has 0 N–H and O–H groups in total. The fourth-order valence-electron chi connectivity index (χ4n) is 4.28. The lowest BCUT2D eigenvalue weighted by Gasteiger charge is -2.18. The van der Waals surface area contributed by atoms with Gasteiger partial charge in [0.05, 0.1) is 17.4 Å². The van der Waals surface area contributed by atoms with E-state index in [1.807, 2.05) is 30.6 Å². The molecule has 2 saturated heterocycles. The first kappa shape index (κ1) is 22.2. The van der Waals surface area contributed by atoms with E-state index in [1.165, 1.54) is 0 Å². The van der Waals surface area contributed by atoms with Crippen LogP contribution in [0.15, 0.2) is 16.8 Å². The molecule has 4 rings (SSSR count). The molecule has 0 spiro atoms. The van der Waals surface area contributed by atoms with Gasteiger partial charge in [0.2, 0.25) is 5.91 Å². The van der Waals surface area contributed by atoms with Crippen LogP contribution in [0, 0.1) is 6.92 Å². The van der Waals surface area contributed by atoms with Crippen LogP contribution in [0.1, 0.15) is 73.1 Å². The Morgan fingerprint density at radius 1 is 1.22 bits per heavy atom. The summed E-state index contributed by atoms with van der Waals surface area (Å²) in [5, 5.41) is 3.87. The van der Waals surface area contributed by atoms with E-state index in [-0.39, 0.29) is 23.8 Å². The van der Waals surface area contributed by atoms with Crippen molar-refractivity contribution in [3.63, 3.8) is 0 Å². The molecule has 1 atom stereocenters. The molecule has 0 aromatic carbocycles. The molecule has 4 heterocycles. The van der Waals surface area contributed by atoms with Gasteiger partial charge in [0.15, 0.2) is 0 Å². The highest BCUT2D eigenvalue weighted by molar-refractivity contribution is 5.95. The summed E-state index contributed by atoms with van der Waals surface area (Å²) in [6, 6.07) is 1.74. The van der Waals surface area contributed by atoms with Crippen molar-refractivity contribution in [3.8, 4) is 5.88 Å². The van der Waals surface area contributed by atoms with Gasteiger partial charge in [0, 0.05) is 57.2 Å². The number of carbonyl (C=O) groups excluding carboxylic acids is 2. The number of aromatic nitrogens is 3. The van der Waals surface area contributed by atoms with Crippen molar-refractivity contribution >= 4 is 11.8 Å². The molecule has 0 radical (unpaired) electrons. The SMILES string of the molecule is Cc1nc(C2CCN(C(=O)CCc3cc(OC(C)C)no3)C2)ncc1C(=O)N1CCCC1. The maximum absolute atomic E-state index is 12.7. The third kappa shape index (κ3) is 5.08. The van der Waals surface area contributed by atoms with Crippen LogP contribution in [0.25, 0.3) is 0 Å². The molecule has 2 aromatic rings. The van der Waals surface area contributed by atoms with Crippen LogP contribution < -0.4 is 4.74 Å². The molecule has 2 fully saturated rings. The van der Waals surface area contributed by atoms with Crippen molar-refractivity contribution in [2.24, 2.45) is 0 Å². The smallest absolute Gasteiger partial charge is 0.257 e. The molecule has 9 heteroatoms. The van der Waals surface area contributed by atoms with Crippen LogP contribution in [-0.2, 0) is 11.2 Å². The minimum atomic E-state index is 0.0177. The Balaban J connectivity index is 1.30. The van der Waals surface area contributed by atoms with Crippen molar-refractivity contribution in [3.05, 3.63) is 35.1 Å². The summed E-state index contributed by atoms with van der Waals surface area (Å²) < 4.78 is 10.7. The topological polar surface area (TPSA) is 102 Å². The van der Waals surface area contributed by atoms with Gasteiger partial charge in [-0.1, -0.05) is 0 Å². The number of rotatable bonds is 7. The predicted molar refractivity (Wildman–Crippen MR) is 116 cm³/mol. The van der Waals surface area contributed by atoms with E-state index >= 15 is 0 Å². The first-order chi connectivity index (χ1) is 15.4. The van der Waals surface area contributed by atoms with Gasteiger partial charge in [-0.3, -0.25) is 9.59 Å². The third-order valence-corrected chi connectivity index (χ3v) is 6.01. The minimum Gasteiger partial charge on any atom is -0.473 e. The lowest BCUT2D eigenvalue weighted by molar-refractivity contribution is -0.130. The average molecular weight is 442 g/mol. The molecule has 0 aliphatic carbocycles. The van der Waals surface area contributed by atoms with Gasteiger partial charge >= 0.3 is 0 Å². The van der Waals surface area contributed by atoms with E-state index in [0.717, 1.165) is 32.4 Å². The maximum Gasteiger partial charge on any atom is 0.257 e. The number of hydrogen-bond acceptors (Lipinski definition) is 7. The molecule has 2 amide bonds. The molecule has 172 valence electrons. The van der Waals surface area contributed by atoms with E-state index < -0.39 is 0 Å². The molecule has 0 bridgehead atoms. The van der Waals surface area contributed by atoms with Gasteiger partial charge in [0.1, 0.15) is 11.6 Å². The van der Waals surface area contributed by atoms with Crippen molar-refractivity contribution in [1.29, 1.82) is 0 Å². The Morgan fingerprint density at radius 3 is 2.72 bits per heavy atom. The van der Waals surface area contributed by atoms with E-state index in [4.69, 9.17) is 9.26 Å². The Labute approximate surface area is 188 Å². The third-order valence-electron chi connectivity index (χ3n) is 6.01. The first-order valence-electron chi connectivity index (χ1n) is 11.4. The fourth-order valence-corrected chi connectivity index (χ4v) is 4.28. The van der Waals surface area contributed by atoms with Gasteiger partial charge < -0.3 is 19.1 Å². The monoisotopic (exact) mass is 441 g/mol. The molecule has 2 aliphatic heterocycles. The Kier molecular flexibility index (Phi) is 6.72.